The van der Waals surface area contributed by atoms with Gasteiger partial charge < -0.3 is 5.32 Å². The molecule has 126 valence electrons. The Morgan fingerprint density at radius 2 is 1.96 bits per heavy atom. The Hall–Kier alpha value is -2.42. The molecule has 0 aromatic carbocycles. The number of hydrogen-bond donors (Lipinski definition) is 1. The first-order valence-electron chi connectivity index (χ1n) is 7.08. The number of anilines is 1. The van der Waals surface area contributed by atoms with Gasteiger partial charge in [0.25, 0.3) is 0 Å². The van der Waals surface area contributed by atoms with Crippen LogP contribution in [0, 0.1) is 13.8 Å². The predicted molar refractivity (Wildman–Crippen MR) is 85.3 cm³/mol. The molecule has 5 nitrogen and oxygen atoms in total. The zero-order chi connectivity index (χ0) is 17.3. The van der Waals surface area contributed by atoms with Crippen LogP contribution in [-0.2, 0) is 12.7 Å². The van der Waals surface area contributed by atoms with Crippen LogP contribution in [0.25, 0.3) is 5.82 Å². The summed E-state index contributed by atoms with van der Waals surface area (Å²) in [4.78, 5) is 7.35. The van der Waals surface area contributed by atoms with E-state index in [9.17, 15) is 13.2 Å². The lowest BCUT2D eigenvalue weighted by Crippen LogP contribution is -2.04. The normalized spacial score (nSPS) is 11.7. The second-order valence-electron chi connectivity index (χ2n) is 5.24. The molecule has 0 atom stereocenters. The smallest absolute Gasteiger partial charge is 0.357 e. The Labute approximate surface area is 140 Å². The molecule has 3 aromatic rings. The third-order valence-electron chi connectivity index (χ3n) is 3.26. The summed E-state index contributed by atoms with van der Waals surface area (Å²) in [6, 6.07) is 5.63. The van der Waals surface area contributed by atoms with Gasteiger partial charge in [0.2, 0.25) is 0 Å². The van der Waals surface area contributed by atoms with Gasteiger partial charge in [-0.1, -0.05) is 17.4 Å². The van der Waals surface area contributed by atoms with Gasteiger partial charge in [0.15, 0.2) is 10.9 Å². The summed E-state index contributed by atoms with van der Waals surface area (Å²) in [6.07, 6.45) is -1.87. The molecule has 1 N–H and O–H groups in total. The molecular formula is C15H14F3N5S. The Bertz CT molecular complexity index is 836. The molecule has 0 saturated heterocycles. The van der Waals surface area contributed by atoms with E-state index in [1.807, 2.05) is 32.0 Å². The lowest BCUT2D eigenvalue weighted by atomic mass is 10.3. The summed E-state index contributed by atoms with van der Waals surface area (Å²) in [7, 11) is 0. The van der Waals surface area contributed by atoms with Crippen LogP contribution in [0.5, 0.6) is 0 Å². The molecule has 0 aliphatic heterocycles. The Kier molecular flexibility index (Phi) is 4.27. The predicted octanol–water partition coefficient (Wildman–Crippen LogP) is 3.97. The average Bonchev–Trinajstić information content (AvgIpc) is 3.12. The average molecular weight is 353 g/mol. The van der Waals surface area contributed by atoms with E-state index in [1.165, 1.54) is 0 Å². The van der Waals surface area contributed by atoms with Crippen LogP contribution >= 0.6 is 11.3 Å². The number of halogens is 3. The van der Waals surface area contributed by atoms with Crippen molar-refractivity contribution in [3.8, 4) is 5.82 Å². The van der Waals surface area contributed by atoms with Gasteiger partial charge in [-0.05, 0) is 31.5 Å². The van der Waals surface area contributed by atoms with E-state index >= 15 is 0 Å². The van der Waals surface area contributed by atoms with E-state index in [0.717, 1.165) is 23.1 Å². The van der Waals surface area contributed by atoms with Crippen LogP contribution in [0.3, 0.4) is 0 Å². The molecule has 24 heavy (non-hydrogen) atoms. The molecule has 0 aliphatic carbocycles. The molecule has 3 heterocycles. The maximum atomic E-state index is 12.5. The summed E-state index contributed by atoms with van der Waals surface area (Å²) in [5, 5.41) is 7.45. The number of nitrogens with one attached hydrogen (secondary N) is 1. The zero-order valence-corrected chi connectivity index (χ0v) is 13.7. The highest BCUT2D eigenvalue weighted by Gasteiger charge is 2.33. The summed E-state index contributed by atoms with van der Waals surface area (Å²) < 4.78 is 39.3. The quantitative estimate of drug-likeness (QED) is 0.771. The second-order valence-corrected chi connectivity index (χ2v) is 6.28. The third-order valence-corrected chi connectivity index (χ3v) is 4.26. The largest absolute Gasteiger partial charge is 0.427 e. The second kappa shape index (κ2) is 6.23. The molecule has 3 rings (SSSR count). The Balaban J connectivity index is 1.66. The topological polar surface area (TPSA) is 55.6 Å². The van der Waals surface area contributed by atoms with Crippen LogP contribution in [0.1, 0.15) is 21.8 Å². The number of thiazole rings is 1. The number of rotatable bonds is 4. The Morgan fingerprint density at radius 1 is 1.17 bits per heavy atom. The van der Waals surface area contributed by atoms with Gasteiger partial charge in [-0.3, -0.25) is 0 Å². The number of hydrogen-bond acceptors (Lipinski definition) is 5. The van der Waals surface area contributed by atoms with Crippen molar-refractivity contribution in [3.05, 3.63) is 52.4 Å². The van der Waals surface area contributed by atoms with E-state index in [1.54, 1.807) is 10.9 Å². The monoisotopic (exact) mass is 353 g/mol. The van der Waals surface area contributed by atoms with E-state index in [4.69, 9.17) is 0 Å². The van der Waals surface area contributed by atoms with Crippen molar-refractivity contribution in [2.45, 2.75) is 26.6 Å². The van der Waals surface area contributed by atoms with Crippen molar-refractivity contribution in [1.29, 1.82) is 0 Å². The van der Waals surface area contributed by atoms with Crippen LogP contribution in [0.15, 0.2) is 30.6 Å². The molecule has 0 radical (unpaired) electrons. The maximum absolute atomic E-state index is 12.5. The van der Waals surface area contributed by atoms with Crippen LogP contribution in [0.4, 0.5) is 18.3 Å². The molecule has 0 aliphatic rings. The molecule has 0 bridgehead atoms. The van der Waals surface area contributed by atoms with E-state index in [-0.39, 0.29) is 5.13 Å². The summed E-state index contributed by atoms with van der Waals surface area (Å²) in [6.45, 7) is 4.19. The van der Waals surface area contributed by atoms with Gasteiger partial charge in [-0.25, -0.2) is 14.6 Å². The molecule has 3 aromatic heterocycles. The van der Waals surface area contributed by atoms with E-state index < -0.39 is 11.1 Å². The maximum Gasteiger partial charge on any atom is 0.427 e. The molecule has 0 fully saturated rings. The molecule has 9 heteroatoms. The lowest BCUT2D eigenvalue weighted by Gasteiger charge is -2.06. The lowest BCUT2D eigenvalue weighted by molar-refractivity contribution is -0.134. The van der Waals surface area contributed by atoms with Gasteiger partial charge in [-0.2, -0.15) is 18.3 Å². The summed E-state index contributed by atoms with van der Waals surface area (Å²) >= 11 is 0.582. The van der Waals surface area contributed by atoms with Crippen molar-refractivity contribution >= 4 is 16.5 Å². The van der Waals surface area contributed by atoms with Gasteiger partial charge in [-0.15, -0.1) is 0 Å². The van der Waals surface area contributed by atoms with Gasteiger partial charge in [0.1, 0.15) is 4.88 Å². The fourth-order valence-electron chi connectivity index (χ4n) is 2.17. The van der Waals surface area contributed by atoms with Crippen LogP contribution in [0.2, 0.25) is 0 Å². The van der Waals surface area contributed by atoms with E-state index in [2.05, 4.69) is 20.4 Å². The minimum atomic E-state index is -4.36. The number of alkyl halides is 3. The van der Waals surface area contributed by atoms with Crippen molar-refractivity contribution < 1.29 is 13.2 Å². The van der Waals surface area contributed by atoms with Crippen LogP contribution < -0.4 is 5.32 Å². The van der Waals surface area contributed by atoms with Crippen LogP contribution in [-0.4, -0.2) is 19.7 Å². The molecule has 0 unspecified atom stereocenters. The van der Waals surface area contributed by atoms with Crippen molar-refractivity contribution in [1.82, 2.24) is 19.7 Å². The number of aryl methyl sites for hydroxylation is 2. The minimum Gasteiger partial charge on any atom is -0.357 e. The summed E-state index contributed by atoms with van der Waals surface area (Å²) in [5.41, 5.74) is 2.72. The number of nitrogens with zero attached hydrogens (tertiary/aromatic N) is 4. The van der Waals surface area contributed by atoms with Gasteiger partial charge in [0, 0.05) is 18.4 Å². The summed E-state index contributed by atoms with van der Waals surface area (Å²) in [5.74, 6) is 0.693. The SMILES string of the molecule is Cc1cc(C)n(-c2ccc(CNc3ncc(C(F)(F)F)s3)cn2)n1. The van der Waals surface area contributed by atoms with Gasteiger partial charge in [0.05, 0.1) is 11.9 Å². The Morgan fingerprint density at radius 3 is 2.50 bits per heavy atom. The van der Waals surface area contributed by atoms with Crippen molar-refractivity contribution in [3.63, 3.8) is 0 Å². The molecular weight excluding hydrogens is 339 g/mol. The fourth-order valence-corrected chi connectivity index (χ4v) is 2.85. The number of aromatic nitrogens is 4. The van der Waals surface area contributed by atoms with Gasteiger partial charge >= 0.3 is 6.18 Å². The highest BCUT2D eigenvalue weighted by molar-refractivity contribution is 7.15. The third kappa shape index (κ3) is 3.56. The number of pyridine rings is 1. The highest BCUT2D eigenvalue weighted by atomic mass is 32.1. The molecule has 0 saturated carbocycles. The first kappa shape index (κ1) is 16.4. The molecule has 0 amide bonds. The van der Waals surface area contributed by atoms with Crippen molar-refractivity contribution in [2.24, 2.45) is 0 Å². The molecule has 0 spiro atoms. The van der Waals surface area contributed by atoms with E-state index in [0.29, 0.717) is 23.7 Å². The first-order valence-corrected chi connectivity index (χ1v) is 7.90. The highest BCUT2D eigenvalue weighted by Crippen LogP contribution is 2.35. The zero-order valence-electron chi connectivity index (χ0n) is 12.9. The standard InChI is InChI=1S/C15H14F3N5S/c1-9-5-10(2)23(22-9)13-4-3-11(6-19-13)7-20-14-21-8-12(24-14)15(16,17)18/h3-6,8H,7H2,1-2H3,(H,20,21). The van der Waals surface area contributed by atoms with Crippen molar-refractivity contribution in [2.75, 3.05) is 5.32 Å². The minimum absolute atomic E-state index is 0.227. The first-order chi connectivity index (χ1) is 11.3. The fraction of sp³-hybridized carbons (Fsp3) is 0.267.